The summed E-state index contributed by atoms with van der Waals surface area (Å²) in [6.45, 7) is 6.91. The maximum atomic E-state index is 11.7. The van der Waals surface area contributed by atoms with Crippen molar-refractivity contribution in [2.75, 3.05) is 13.1 Å². The second-order valence-electron chi connectivity index (χ2n) is 9.50. The minimum atomic E-state index is -1.89. The average Bonchev–Trinajstić information content (AvgIpc) is 3.54. The van der Waals surface area contributed by atoms with Crippen LogP contribution in [-0.4, -0.2) is 54.0 Å². The Morgan fingerprint density at radius 2 is 1.23 bits per heavy atom. The van der Waals surface area contributed by atoms with E-state index in [9.17, 15) is 4.79 Å². The molecule has 2 aliphatic heterocycles. The van der Waals surface area contributed by atoms with Gasteiger partial charge in [0.25, 0.3) is 0 Å². The molecule has 0 spiro atoms. The van der Waals surface area contributed by atoms with Crippen LogP contribution in [0.5, 0.6) is 0 Å². The summed E-state index contributed by atoms with van der Waals surface area (Å²) in [4.78, 5) is 11.7. The van der Waals surface area contributed by atoms with Crippen LogP contribution in [-0.2, 0) is 21.9 Å². The van der Waals surface area contributed by atoms with Crippen LogP contribution in [0.2, 0.25) is 0 Å². The molecule has 4 fully saturated rings. The zero-order chi connectivity index (χ0) is 20.0. The fourth-order valence-electron chi connectivity index (χ4n) is 6.33. The SMILES string of the molecule is C1CCCC1.[B][P+](C1CCCC1C=O)(N1CCC[C@H]1CC)N1CCC[C@H]1CC.[CH3-].[CH3-].[Fe+2]. The second kappa shape index (κ2) is 15.5. The predicted octanol–water partition coefficient (Wildman–Crippen LogP) is 6.88. The zero-order valence-corrected chi connectivity index (χ0v) is 22.9. The third-order valence-corrected chi connectivity index (χ3v) is 12.2. The number of carbonyl (C=O) groups is 1. The van der Waals surface area contributed by atoms with Crippen LogP contribution in [0.3, 0.4) is 0 Å². The van der Waals surface area contributed by atoms with Gasteiger partial charge in [-0.1, -0.05) is 46.0 Å². The fraction of sp³-hybridized carbons (Fsp3) is 0.880. The Labute approximate surface area is 207 Å². The first-order valence-corrected chi connectivity index (χ1v) is 14.2. The van der Waals surface area contributed by atoms with Crippen LogP contribution in [0.15, 0.2) is 0 Å². The van der Waals surface area contributed by atoms with Crippen LogP contribution < -0.4 is 0 Å². The van der Waals surface area contributed by atoms with Gasteiger partial charge in [0.05, 0.1) is 11.6 Å². The maximum Gasteiger partial charge on any atom is 2.00 e. The molecule has 3 nitrogen and oxygen atoms in total. The molecule has 2 saturated heterocycles. The summed E-state index contributed by atoms with van der Waals surface area (Å²) >= 11 is 0. The molecule has 2 aliphatic carbocycles. The quantitative estimate of drug-likeness (QED) is 0.175. The summed E-state index contributed by atoms with van der Waals surface area (Å²) in [5.74, 6) is 0.199. The van der Waals surface area contributed by atoms with Crippen molar-refractivity contribution >= 4 is 21.3 Å². The van der Waals surface area contributed by atoms with Gasteiger partial charge in [0.1, 0.15) is 13.7 Å². The largest absolute Gasteiger partial charge is 2.00 e. The molecule has 4 atom stereocenters. The Bertz CT molecular complexity index is 465. The number of carbonyl (C=O) groups excluding carboxylic acids is 1. The molecule has 0 aromatic heterocycles. The van der Waals surface area contributed by atoms with Gasteiger partial charge in [-0.25, -0.2) is 0 Å². The summed E-state index contributed by atoms with van der Waals surface area (Å²) < 4.78 is 5.43. The van der Waals surface area contributed by atoms with Crippen molar-refractivity contribution in [2.45, 2.75) is 121 Å². The average molecular weight is 491 g/mol. The molecule has 2 radical (unpaired) electrons. The number of hydrogen-bond acceptors (Lipinski definition) is 3. The molecule has 180 valence electrons. The number of hydrogen-bond donors (Lipinski definition) is 0. The van der Waals surface area contributed by atoms with Crippen molar-refractivity contribution in [3.63, 3.8) is 0 Å². The maximum absolute atomic E-state index is 11.7. The first-order chi connectivity index (χ1) is 13.7. The van der Waals surface area contributed by atoms with Crippen molar-refractivity contribution < 1.29 is 21.9 Å². The molecule has 0 N–H and O–H groups in total. The summed E-state index contributed by atoms with van der Waals surface area (Å²) in [7, 11) is 5.52. The molecule has 2 unspecified atom stereocenters. The van der Waals surface area contributed by atoms with Crippen LogP contribution in [0.1, 0.15) is 104 Å². The van der Waals surface area contributed by atoms with Gasteiger partial charge in [0, 0.05) is 25.2 Å². The van der Waals surface area contributed by atoms with Crippen molar-refractivity contribution in [3.8, 4) is 0 Å². The minimum absolute atomic E-state index is 0. The van der Waals surface area contributed by atoms with Gasteiger partial charge in [-0.15, -0.1) is 0 Å². The molecule has 31 heavy (non-hydrogen) atoms. The van der Waals surface area contributed by atoms with E-state index in [1.807, 2.05) is 0 Å². The monoisotopic (exact) mass is 491 g/mol. The third-order valence-electron chi connectivity index (χ3n) is 7.90. The Kier molecular flexibility index (Phi) is 15.8. The van der Waals surface area contributed by atoms with Gasteiger partial charge in [0.2, 0.25) is 0 Å². The third kappa shape index (κ3) is 7.05. The van der Waals surface area contributed by atoms with E-state index in [4.69, 9.17) is 7.57 Å². The smallest absolute Gasteiger partial charge is 0.358 e. The molecular weight excluding hydrogens is 442 g/mol. The molecule has 6 heteroatoms. The van der Waals surface area contributed by atoms with Crippen LogP contribution in [0.25, 0.3) is 0 Å². The zero-order valence-electron chi connectivity index (χ0n) is 20.9. The number of aldehydes is 1. The molecule has 0 amide bonds. The second-order valence-corrected chi connectivity index (χ2v) is 12.6. The first-order valence-electron chi connectivity index (χ1n) is 12.3. The van der Waals surface area contributed by atoms with Crippen molar-refractivity contribution in [1.29, 1.82) is 0 Å². The molecule has 0 aromatic rings. The van der Waals surface area contributed by atoms with Crippen LogP contribution in [0.4, 0.5) is 0 Å². The Morgan fingerprint density at radius 3 is 1.61 bits per heavy atom. The summed E-state index contributed by atoms with van der Waals surface area (Å²) in [5, 5.41) is 0. The van der Waals surface area contributed by atoms with Crippen molar-refractivity contribution in [1.82, 2.24) is 9.34 Å². The standard InChI is InChI=1S/C18H33BN2OP.C5H10.2CH3.Fe/c1-3-16-9-6-12-20(16)23(19,18-11-5-8-15(18)14-22)21-13-7-10-17(21)4-2;1-2-4-5-3-1;;;/h14-18H,3-13H2,1-2H3;1-5H2;2*1H3;/q+1;;2*-1;+2/t15?,16-,17-,18?;;;;/m1..../s1. The molecule has 4 aliphatic rings. The van der Waals surface area contributed by atoms with Gasteiger partial charge in [-0.05, 0) is 57.8 Å². The molecule has 4 rings (SSSR count). The summed E-state index contributed by atoms with van der Waals surface area (Å²) in [6, 6.07) is 1.28. The first kappa shape index (κ1) is 31.6. The van der Waals surface area contributed by atoms with E-state index in [0.29, 0.717) is 17.7 Å². The molecular formula is C25H49BFeN2OP+. The molecule has 0 aromatic carbocycles. The minimum Gasteiger partial charge on any atom is -0.358 e. The van der Waals surface area contributed by atoms with E-state index in [2.05, 4.69) is 23.2 Å². The van der Waals surface area contributed by atoms with E-state index in [1.54, 1.807) is 0 Å². The Morgan fingerprint density at radius 1 is 0.774 bits per heavy atom. The van der Waals surface area contributed by atoms with Crippen molar-refractivity contribution in [2.24, 2.45) is 5.92 Å². The van der Waals surface area contributed by atoms with Gasteiger partial charge in [0.15, 0.2) is 0 Å². The van der Waals surface area contributed by atoms with Crippen LogP contribution >= 0.6 is 7.44 Å². The Hall–Kier alpha value is 0.604. The topological polar surface area (TPSA) is 23.6 Å². The summed E-state index contributed by atoms with van der Waals surface area (Å²) in [5.41, 5.74) is 0.416. The summed E-state index contributed by atoms with van der Waals surface area (Å²) in [6.07, 6.45) is 19.7. The van der Waals surface area contributed by atoms with E-state index in [1.165, 1.54) is 83.3 Å². The normalized spacial score (nSPS) is 31.2. The fourth-order valence-corrected chi connectivity index (χ4v) is 11.3. The van der Waals surface area contributed by atoms with Gasteiger partial charge in [-0.2, -0.15) is 9.34 Å². The molecule has 2 heterocycles. The van der Waals surface area contributed by atoms with Gasteiger partial charge < -0.3 is 19.6 Å². The molecule has 2 saturated carbocycles. The predicted molar refractivity (Wildman–Crippen MR) is 136 cm³/mol. The number of nitrogens with zero attached hydrogens (tertiary/aromatic N) is 2. The van der Waals surface area contributed by atoms with E-state index < -0.39 is 7.44 Å². The molecule has 0 bridgehead atoms. The van der Waals surface area contributed by atoms with E-state index >= 15 is 0 Å². The number of rotatable bonds is 6. The van der Waals surface area contributed by atoms with E-state index in [0.717, 1.165) is 25.9 Å². The van der Waals surface area contributed by atoms with E-state index in [-0.39, 0.29) is 37.8 Å². The van der Waals surface area contributed by atoms with Crippen molar-refractivity contribution in [3.05, 3.63) is 14.9 Å². The van der Waals surface area contributed by atoms with Gasteiger partial charge in [-0.3, -0.25) is 0 Å². The van der Waals surface area contributed by atoms with Gasteiger partial charge >= 0.3 is 24.6 Å². The Balaban J connectivity index is 0.000000995. The van der Waals surface area contributed by atoms with Crippen LogP contribution in [0, 0.1) is 20.8 Å².